The number of aryl methyl sites for hydroxylation is 1. The number of nitrogens with one attached hydrogen (secondary N) is 2. The van der Waals surface area contributed by atoms with Crippen molar-refractivity contribution in [1.82, 2.24) is 14.9 Å². The van der Waals surface area contributed by atoms with Crippen LogP contribution in [-0.2, 0) is 16.6 Å². The van der Waals surface area contributed by atoms with Crippen molar-refractivity contribution in [2.45, 2.75) is 38.3 Å². The maximum Gasteiger partial charge on any atom is 0.408 e. The van der Waals surface area contributed by atoms with Gasteiger partial charge in [-0.2, -0.15) is 0 Å². The van der Waals surface area contributed by atoms with Crippen molar-refractivity contribution in [3.8, 4) is 11.3 Å². The van der Waals surface area contributed by atoms with Crippen molar-refractivity contribution in [2.24, 2.45) is 7.05 Å². The van der Waals surface area contributed by atoms with Gasteiger partial charge in [-0.3, -0.25) is 4.79 Å². The van der Waals surface area contributed by atoms with E-state index in [9.17, 15) is 9.59 Å². The number of carbonyl (C=O) groups excluding carboxylic acids is 2. The van der Waals surface area contributed by atoms with Crippen LogP contribution in [0.3, 0.4) is 0 Å². The molecule has 0 radical (unpaired) electrons. The van der Waals surface area contributed by atoms with Gasteiger partial charge in [-0.25, -0.2) is 9.78 Å². The minimum absolute atomic E-state index is 0.332. The summed E-state index contributed by atoms with van der Waals surface area (Å²) in [5.74, 6) is -0.671. The van der Waals surface area contributed by atoms with Crippen LogP contribution in [0.15, 0.2) is 65.5 Å². The smallest absolute Gasteiger partial charge is 0.408 e. The van der Waals surface area contributed by atoms with Crippen molar-refractivity contribution in [3.05, 3.63) is 76.7 Å². The van der Waals surface area contributed by atoms with Crippen LogP contribution in [0.2, 0.25) is 0 Å². The number of rotatable bonds is 5. The van der Waals surface area contributed by atoms with Crippen LogP contribution in [0, 0.1) is 0 Å². The van der Waals surface area contributed by atoms with Crippen LogP contribution < -0.4 is 10.6 Å². The fourth-order valence-corrected chi connectivity index (χ4v) is 4.30. The third-order valence-corrected chi connectivity index (χ3v) is 5.96. The van der Waals surface area contributed by atoms with Crippen LogP contribution in [-0.4, -0.2) is 33.2 Å². The Morgan fingerprint density at radius 1 is 1.15 bits per heavy atom. The Bertz CT molecular complexity index is 1240. The third kappa shape index (κ3) is 5.39. The van der Waals surface area contributed by atoms with E-state index in [1.807, 2.05) is 66.2 Å². The number of amides is 2. The predicted octanol–water partition coefficient (Wildman–Crippen LogP) is 5.49. The molecule has 4 rings (SSSR count). The summed E-state index contributed by atoms with van der Waals surface area (Å²) in [7, 11) is 1.93. The summed E-state index contributed by atoms with van der Waals surface area (Å²) in [6, 6.07) is 12.6. The first kappa shape index (κ1) is 23.8. The summed E-state index contributed by atoms with van der Waals surface area (Å²) in [6.45, 7) is 5.36. The highest BCUT2D eigenvalue weighted by Crippen LogP contribution is 2.35. The maximum absolute atomic E-state index is 13.4. The van der Waals surface area contributed by atoms with Crippen molar-refractivity contribution in [3.63, 3.8) is 0 Å². The second-order valence-electron chi connectivity index (χ2n) is 9.24. The van der Waals surface area contributed by atoms with Gasteiger partial charge in [-0.1, -0.05) is 46.3 Å². The second-order valence-corrected chi connectivity index (χ2v) is 10.2. The second kappa shape index (κ2) is 9.46. The zero-order valence-corrected chi connectivity index (χ0v) is 21.1. The van der Waals surface area contributed by atoms with Gasteiger partial charge in [0.15, 0.2) is 0 Å². The fourth-order valence-electron chi connectivity index (χ4n) is 3.92. The zero-order valence-electron chi connectivity index (χ0n) is 19.5. The monoisotopic (exact) mass is 522 g/mol. The summed E-state index contributed by atoms with van der Waals surface area (Å²) >= 11 is 3.50. The molecule has 0 saturated carbocycles. The molecular formula is C26H27BrN4O3. The molecule has 1 aliphatic carbocycles. The van der Waals surface area contributed by atoms with Gasteiger partial charge in [-0.05, 0) is 61.7 Å². The Labute approximate surface area is 207 Å². The standard InChI is InChI=1S/C26H27BrN4O3/c1-26(2,3)34-25(33)30-23(20-12-8-16-5-9-18(27)13-21(16)20)24(32)29-19-10-6-17(7-11-19)22-14-28-15-31(22)4/h5-15,20,23H,1-4H3,(H,29,32)(H,30,33)/t20-,23+/m1/s1. The molecule has 2 amide bonds. The number of imidazole rings is 1. The number of fused-ring (bicyclic) bond motifs is 1. The van der Waals surface area contributed by atoms with Gasteiger partial charge in [-0.15, -0.1) is 0 Å². The van der Waals surface area contributed by atoms with Gasteiger partial charge in [0.25, 0.3) is 0 Å². The minimum atomic E-state index is -0.863. The van der Waals surface area contributed by atoms with Crippen LogP contribution in [0.1, 0.15) is 37.8 Å². The van der Waals surface area contributed by atoms with E-state index in [1.165, 1.54) is 0 Å². The van der Waals surface area contributed by atoms with E-state index >= 15 is 0 Å². The topological polar surface area (TPSA) is 85.3 Å². The molecule has 2 N–H and O–H groups in total. The molecule has 2 aromatic carbocycles. The summed E-state index contributed by atoms with van der Waals surface area (Å²) in [4.78, 5) is 30.2. The number of ether oxygens (including phenoxy) is 1. The van der Waals surface area contributed by atoms with E-state index in [-0.39, 0.29) is 11.8 Å². The molecule has 1 aliphatic rings. The van der Waals surface area contributed by atoms with Crippen LogP contribution in [0.5, 0.6) is 0 Å². The molecule has 1 heterocycles. The number of carbonyl (C=O) groups is 2. The Morgan fingerprint density at radius 2 is 1.88 bits per heavy atom. The largest absolute Gasteiger partial charge is 0.444 e. The average molecular weight is 523 g/mol. The molecule has 2 atom stereocenters. The Hall–Kier alpha value is -3.39. The number of hydrogen-bond donors (Lipinski definition) is 2. The molecule has 176 valence electrons. The zero-order chi connectivity index (χ0) is 24.5. The summed E-state index contributed by atoms with van der Waals surface area (Å²) < 4.78 is 8.27. The molecule has 7 nitrogen and oxygen atoms in total. The minimum Gasteiger partial charge on any atom is -0.444 e. The van der Waals surface area contributed by atoms with Gasteiger partial charge >= 0.3 is 6.09 Å². The molecule has 3 aromatic rings. The van der Waals surface area contributed by atoms with Gasteiger partial charge < -0.3 is 19.9 Å². The first-order valence-electron chi connectivity index (χ1n) is 11.0. The molecule has 0 saturated heterocycles. The number of alkyl carbamates (subject to hydrolysis) is 1. The first-order chi connectivity index (χ1) is 16.1. The lowest BCUT2D eigenvalue weighted by Crippen LogP contribution is -2.48. The molecule has 8 heteroatoms. The van der Waals surface area contributed by atoms with Crippen molar-refractivity contribution in [1.29, 1.82) is 0 Å². The van der Waals surface area contributed by atoms with E-state index in [2.05, 4.69) is 31.5 Å². The number of halogens is 1. The van der Waals surface area contributed by atoms with E-state index in [0.717, 1.165) is 26.9 Å². The maximum atomic E-state index is 13.4. The molecule has 0 spiro atoms. The molecule has 0 unspecified atom stereocenters. The number of nitrogens with zero attached hydrogens (tertiary/aromatic N) is 2. The third-order valence-electron chi connectivity index (χ3n) is 5.47. The predicted molar refractivity (Wildman–Crippen MR) is 136 cm³/mol. The normalized spacial score (nSPS) is 15.5. The summed E-state index contributed by atoms with van der Waals surface area (Å²) in [5.41, 5.74) is 3.87. The Balaban J connectivity index is 1.57. The fraction of sp³-hybridized carbons (Fsp3) is 0.269. The van der Waals surface area contributed by atoms with Gasteiger partial charge in [0.05, 0.1) is 18.2 Å². The lowest BCUT2D eigenvalue weighted by Gasteiger charge is -2.26. The first-order valence-corrected chi connectivity index (χ1v) is 11.7. The number of benzene rings is 2. The average Bonchev–Trinajstić information content (AvgIpc) is 3.37. The van der Waals surface area contributed by atoms with Crippen molar-refractivity contribution in [2.75, 3.05) is 5.32 Å². The summed E-state index contributed by atoms with van der Waals surface area (Å²) in [6.07, 6.45) is 6.78. The van der Waals surface area contributed by atoms with Gasteiger partial charge in [0, 0.05) is 23.1 Å². The summed E-state index contributed by atoms with van der Waals surface area (Å²) in [5, 5.41) is 5.73. The van der Waals surface area contributed by atoms with Crippen LogP contribution >= 0.6 is 15.9 Å². The Kier molecular flexibility index (Phi) is 6.61. The number of anilines is 1. The van der Waals surface area contributed by atoms with E-state index < -0.39 is 17.7 Å². The molecular weight excluding hydrogens is 496 g/mol. The Morgan fingerprint density at radius 3 is 2.53 bits per heavy atom. The van der Waals surface area contributed by atoms with Crippen LogP contribution in [0.4, 0.5) is 10.5 Å². The lowest BCUT2D eigenvalue weighted by molar-refractivity contribution is -0.118. The SMILES string of the molecule is Cn1cncc1-c1ccc(NC(=O)[C@@H](NC(=O)OC(C)(C)C)[C@@H]2C=Cc3ccc(Br)cc32)cc1. The molecule has 0 aliphatic heterocycles. The molecule has 0 fully saturated rings. The highest BCUT2D eigenvalue weighted by Gasteiger charge is 2.34. The van der Waals surface area contributed by atoms with Gasteiger partial charge in [0.2, 0.25) is 5.91 Å². The molecule has 34 heavy (non-hydrogen) atoms. The number of aromatic nitrogens is 2. The highest BCUT2D eigenvalue weighted by atomic mass is 79.9. The van der Waals surface area contributed by atoms with Crippen molar-refractivity contribution < 1.29 is 14.3 Å². The lowest BCUT2D eigenvalue weighted by atomic mass is 9.92. The van der Waals surface area contributed by atoms with E-state index in [4.69, 9.17) is 4.74 Å². The van der Waals surface area contributed by atoms with E-state index in [0.29, 0.717) is 5.69 Å². The van der Waals surface area contributed by atoms with Gasteiger partial charge in [0.1, 0.15) is 11.6 Å². The number of hydrogen-bond acceptors (Lipinski definition) is 4. The molecule has 1 aromatic heterocycles. The van der Waals surface area contributed by atoms with Crippen LogP contribution in [0.25, 0.3) is 17.3 Å². The van der Waals surface area contributed by atoms with E-state index in [1.54, 1.807) is 33.3 Å². The van der Waals surface area contributed by atoms with Crippen molar-refractivity contribution >= 4 is 39.7 Å². The highest BCUT2D eigenvalue weighted by molar-refractivity contribution is 9.10. The molecule has 0 bridgehead atoms. The quantitative estimate of drug-likeness (QED) is 0.463.